The van der Waals surface area contributed by atoms with Crippen LogP contribution in [-0.4, -0.2) is 7.11 Å². The molecule has 0 radical (unpaired) electrons. The van der Waals surface area contributed by atoms with Crippen LogP contribution in [-0.2, 0) is 6.42 Å². The Hall–Kier alpha value is -1.49. The van der Waals surface area contributed by atoms with E-state index < -0.39 is 0 Å². The van der Waals surface area contributed by atoms with E-state index >= 15 is 0 Å². The molecule has 0 saturated carbocycles. The summed E-state index contributed by atoms with van der Waals surface area (Å²) in [6, 6.07) is 10.2. The first-order chi connectivity index (χ1) is 6.80. The van der Waals surface area contributed by atoms with Crippen LogP contribution in [0.2, 0.25) is 0 Å². The Morgan fingerprint density at radius 2 is 2.00 bits per heavy atom. The number of methoxy groups -OCH3 is 1. The summed E-state index contributed by atoms with van der Waals surface area (Å²) >= 11 is 0. The molecule has 1 unspecified atom stereocenters. The number of nitriles is 1. The van der Waals surface area contributed by atoms with Crippen LogP contribution >= 0.6 is 0 Å². The third-order valence-electron chi connectivity index (χ3n) is 2.32. The van der Waals surface area contributed by atoms with Crippen molar-refractivity contribution < 1.29 is 4.74 Å². The van der Waals surface area contributed by atoms with E-state index in [9.17, 15) is 0 Å². The number of hydrogen-bond donors (Lipinski definition) is 0. The van der Waals surface area contributed by atoms with Crippen LogP contribution in [0.25, 0.3) is 0 Å². The highest BCUT2D eigenvalue weighted by atomic mass is 16.5. The lowest BCUT2D eigenvalue weighted by Gasteiger charge is -2.06. The molecule has 1 aromatic carbocycles. The van der Waals surface area contributed by atoms with Gasteiger partial charge in [0, 0.05) is 0 Å². The lowest BCUT2D eigenvalue weighted by atomic mass is 9.98. The molecule has 0 saturated heterocycles. The molecule has 0 N–H and O–H groups in total. The fourth-order valence-electron chi connectivity index (χ4n) is 1.33. The first-order valence-corrected chi connectivity index (χ1v) is 4.82. The van der Waals surface area contributed by atoms with Gasteiger partial charge in [-0.15, -0.1) is 0 Å². The van der Waals surface area contributed by atoms with Crippen molar-refractivity contribution in [2.24, 2.45) is 5.92 Å². The lowest BCUT2D eigenvalue weighted by Crippen LogP contribution is -1.99. The number of ether oxygens (including phenoxy) is 1. The third kappa shape index (κ3) is 2.77. The van der Waals surface area contributed by atoms with Crippen LogP contribution in [0, 0.1) is 17.2 Å². The minimum absolute atomic E-state index is 0.128. The maximum atomic E-state index is 8.81. The quantitative estimate of drug-likeness (QED) is 0.729. The van der Waals surface area contributed by atoms with Gasteiger partial charge in [0.1, 0.15) is 5.75 Å². The standard InChI is InChI=1S/C12H15NO/c1-3-10(9-13)8-11-4-6-12(14-2)7-5-11/h4-7,10H,3,8H2,1-2H3. The summed E-state index contributed by atoms with van der Waals surface area (Å²) in [6.45, 7) is 2.04. The lowest BCUT2D eigenvalue weighted by molar-refractivity contribution is 0.414. The molecular formula is C12H15NO. The summed E-state index contributed by atoms with van der Waals surface area (Å²) in [5.74, 6) is 0.988. The molecule has 2 nitrogen and oxygen atoms in total. The van der Waals surface area contributed by atoms with Crippen molar-refractivity contribution in [3.8, 4) is 11.8 Å². The Labute approximate surface area is 85.1 Å². The van der Waals surface area contributed by atoms with Crippen molar-refractivity contribution in [3.63, 3.8) is 0 Å². The fourth-order valence-corrected chi connectivity index (χ4v) is 1.33. The Morgan fingerprint density at radius 3 is 2.43 bits per heavy atom. The van der Waals surface area contributed by atoms with Gasteiger partial charge in [0.15, 0.2) is 0 Å². The molecule has 2 heteroatoms. The van der Waals surface area contributed by atoms with E-state index in [2.05, 4.69) is 6.07 Å². The molecule has 0 heterocycles. The molecule has 0 fully saturated rings. The second-order valence-electron chi connectivity index (χ2n) is 3.29. The fraction of sp³-hybridized carbons (Fsp3) is 0.417. The minimum atomic E-state index is 0.128. The second kappa shape index (κ2) is 5.29. The second-order valence-corrected chi connectivity index (χ2v) is 3.29. The number of rotatable bonds is 4. The molecule has 0 aliphatic carbocycles. The summed E-state index contributed by atoms with van der Waals surface area (Å²) in [5.41, 5.74) is 1.19. The molecule has 0 spiro atoms. The van der Waals surface area contributed by atoms with E-state index in [4.69, 9.17) is 10.00 Å². The first kappa shape index (κ1) is 10.6. The van der Waals surface area contributed by atoms with Gasteiger partial charge < -0.3 is 4.74 Å². The molecule has 14 heavy (non-hydrogen) atoms. The predicted octanol–water partition coefficient (Wildman–Crippen LogP) is 2.79. The van der Waals surface area contributed by atoms with Crippen molar-refractivity contribution in [1.29, 1.82) is 5.26 Å². The maximum Gasteiger partial charge on any atom is 0.118 e. The molecule has 0 bridgehead atoms. The molecule has 1 atom stereocenters. The van der Waals surface area contributed by atoms with Gasteiger partial charge in [0.05, 0.1) is 19.1 Å². The van der Waals surface area contributed by atoms with Crippen molar-refractivity contribution in [2.75, 3.05) is 7.11 Å². The van der Waals surface area contributed by atoms with Gasteiger partial charge in [-0.3, -0.25) is 0 Å². The largest absolute Gasteiger partial charge is 0.497 e. The molecule has 0 amide bonds. The number of hydrogen-bond acceptors (Lipinski definition) is 2. The monoisotopic (exact) mass is 189 g/mol. The Bertz CT molecular complexity index is 310. The summed E-state index contributed by atoms with van der Waals surface area (Å²) in [5, 5.41) is 8.81. The normalized spacial score (nSPS) is 11.8. The Kier molecular flexibility index (Phi) is 4.00. The first-order valence-electron chi connectivity index (χ1n) is 4.82. The average molecular weight is 189 g/mol. The molecule has 74 valence electrons. The Morgan fingerprint density at radius 1 is 1.36 bits per heavy atom. The van der Waals surface area contributed by atoms with Gasteiger partial charge in [-0.05, 0) is 30.5 Å². The zero-order chi connectivity index (χ0) is 10.4. The molecular weight excluding hydrogens is 174 g/mol. The predicted molar refractivity (Wildman–Crippen MR) is 56.1 cm³/mol. The van der Waals surface area contributed by atoms with Crippen molar-refractivity contribution in [1.82, 2.24) is 0 Å². The molecule has 0 aliphatic heterocycles. The highest BCUT2D eigenvalue weighted by Gasteiger charge is 2.05. The highest BCUT2D eigenvalue weighted by molar-refractivity contribution is 5.27. The van der Waals surface area contributed by atoms with Gasteiger partial charge in [-0.2, -0.15) is 5.26 Å². The van der Waals surface area contributed by atoms with Gasteiger partial charge in [0.25, 0.3) is 0 Å². The number of benzene rings is 1. The summed E-state index contributed by atoms with van der Waals surface area (Å²) < 4.78 is 5.06. The molecule has 0 aliphatic rings. The van der Waals surface area contributed by atoms with Crippen LogP contribution in [0.15, 0.2) is 24.3 Å². The van der Waals surface area contributed by atoms with E-state index in [1.54, 1.807) is 7.11 Å². The van der Waals surface area contributed by atoms with E-state index in [0.717, 1.165) is 18.6 Å². The zero-order valence-electron chi connectivity index (χ0n) is 8.66. The Balaban J connectivity index is 2.64. The zero-order valence-corrected chi connectivity index (χ0v) is 8.66. The smallest absolute Gasteiger partial charge is 0.118 e. The van der Waals surface area contributed by atoms with Gasteiger partial charge in [-0.1, -0.05) is 19.1 Å². The van der Waals surface area contributed by atoms with Crippen LogP contribution in [0.1, 0.15) is 18.9 Å². The van der Waals surface area contributed by atoms with Crippen LogP contribution in [0.3, 0.4) is 0 Å². The molecule has 0 aromatic heterocycles. The van der Waals surface area contributed by atoms with E-state index in [1.807, 2.05) is 31.2 Å². The number of nitrogens with zero attached hydrogens (tertiary/aromatic N) is 1. The minimum Gasteiger partial charge on any atom is -0.497 e. The third-order valence-corrected chi connectivity index (χ3v) is 2.32. The maximum absolute atomic E-state index is 8.81. The van der Waals surface area contributed by atoms with E-state index in [-0.39, 0.29) is 5.92 Å². The SMILES string of the molecule is CCC(C#N)Cc1ccc(OC)cc1. The summed E-state index contributed by atoms with van der Waals surface area (Å²) in [6.07, 6.45) is 1.74. The topological polar surface area (TPSA) is 33.0 Å². The van der Waals surface area contributed by atoms with Crippen LogP contribution < -0.4 is 4.74 Å². The van der Waals surface area contributed by atoms with Gasteiger partial charge in [0.2, 0.25) is 0 Å². The average Bonchev–Trinajstić information content (AvgIpc) is 2.26. The molecule has 1 aromatic rings. The highest BCUT2D eigenvalue weighted by Crippen LogP contribution is 2.15. The van der Waals surface area contributed by atoms with Gasteiger partial charge >= 0.3 is 0 Å². The van der Waals surface area contributed by atoms with E-state index in [0.29, 0.717) is 0 Å². The molecule has 1 rings (SSSR count). The van der Waals surface area contributed by atoms with Gasteiger partial charge in [-0.25, -0.2) is 0 Å². The van der Waals surface area contributed by atoms with Crippen LogP contribution in [0.4, 0.5) is 0 Å². The van der Waals surface area contributed by atoms with Crippen LogP contribution in [0.5, 0.6) is 5.75 Å². The summed E-state index contributed by atoms with van der Waals surface area (Å²) in [7, 11) is 1.65. The van der Waals surface area contributed by atoms with Crippen molar-refractivity contribution >= 4 is 0 Å². The van der Waals surface area contributed by atoms with Crippen molar-refractivity contribution in [3.05, 3.63) is 29.8 Å². The van der Waals surface area contributed by atoms with E-state index in [1.165, 1.54) is 5.56 Å². The van der Waals surface area contributed by atoms with Crippen molar-refractivity contribution in [2.45, 2.75) is 19.8 Å². The summed E-state index contributed by atoms with van der Waals surface area (Å²) in [4.78, 5) is 0.